The lowest BCUT2D eigenvalue weighted by Crippen LogP contribution is -2.33. The molecule has 3 aromatic rings. The van der Waals surface area contributed by atoms with Crippen LogP contribution in [-0.4, -0.2) is 25.0 Å². The molecule has 0 atom stereocenters. The molecule has 30 heavy (non-hydrogen) atoms. The molecule has 2 heterocycles. The van der Waals surface area contributed by atoms with Crippen LogP contribution in [0.1, 0.15) is 29.7 Å². The van der Waals surface area contributed by atoms with E-state index in [9.17, 15) is 18.8 Å². The first-order chi connectivity index (χ1) is 14.4. The van der Waals surface area contributed by atoms with Crippen LogP contribution in [0.5, 0.6) is 11.6 Å². The number of rotatable bonds is 4. The summed E-state index contributed by atoms with van der Waals surface area (Å²) in [7, 11) is 0. The van der Waals surface area contributed by atoms with Crippen LogP contribution < -0.4 is 21.5 Å². The van der Waals surface area contributed by atoms with Crippen LogP contribution in [0.2, 0.25) is 10.0 Å². The highest BCUT2D eigenvalue weighted by molar-refractivity contribution is 6.37. The second-order valence-electron chi connectivity index (χ2n) is 6.61. The van der Waals surface area contributed by atoms with Gasteiger partial charge in [0.05, 0.1) is 15.7 Å². The molecule has 0 saturated heterocycles. The van der Waals surface area contributed by atoms with Crippen molar-refractivity contribution in [3.8, 4) is 17.3 Å². The van der Waals surface area contributed by atoms with Crippen LogP contribution in [0.25, 0.3) is 5.69 Å². The Morgan fingerprint density at radius 2 is 1.73 bits per heavy atom. The normalized spacial score (nSPS) is 13.2. The van der Waals surface area contributed by atoms with E-state index in [1.54, 1.807) is 0 Å². The summed E-state index contributed by atoms with van der Waals surface area (Å²) >= 11 is 12.6. The van der Waals surface area contributed by atoms with Gasteiger partial charge in [-0.25, -0.2) is 14.3 Å². The van der Waals surface area contributed by atoms with Crippen molar-refractivity contribution < 1.29 is 9.13 Å². The second kappa shape index (κ2) is 8.04. The summed E-state index contributed by atoms with van der Waals surface area (Å²) in [5.41, 5.74) is -1.09. The Labute approximate surface area is 177 Å². The van der Waals surface area contributed by atoms with Gasteiger partial charge in [-0.1, -0.05) is 23.2 Å². The number of nitrogens with one attached hydrogen (secondary N) is 2. The minimum atomic E-state index is -1.15. The molecule has 0 saturated carbocycles. The third-order valence-corrected chi connectivity index (χ3v) is 5.27. The van der Waals surface area contributed by atoms with Gasteiger partial charge in [0.15, 0.2) is 11.4 Å². The molecule has 0 fully saturated rings. The first-order valence-electron chi connectivity index (χ1n) is 8.95. The lowest BCUT2D eigenvalue weighted by molar-refractivity contribution is 0.440. The number of H-pyrrole nitrogens is 2. The Balaban J connectivity index is 1.76. The van der Waals surface area contributed by atoms with Crippen LogP contribution >= 0.6 is 23.2 Å². The third-order valence-electron chi connectivity index (χ3n) is 4.71. The minimum Gasteiger partial charge on any atom is -0.434 e. The molecule has 12 heteroatoms. The van der Waals surface area contributed by atoms with E-state index in [4.69, 9.17) is 27.9 Å². The molecule has 0 bridgehead atoms. The van der Waals surface area contributed by atoms with Crippen molar-refractivity contribution in [2.75, 3.05) is 0 Å². The molecule has 0 amide bonds. The first-order valence-corrected chi connectivity index (χ1v) is 9.71. The van der Waals surface area contributed by atoms with Crippen LogP contribution in [0.3, 0.4) is 0 Å². The number of fused-ring (bicyclic) bond motifs is 1. The fraction of sp³-hybridized carbons (Fsp3) is 0.278. The lowest BCUT2D eigenvalue weighted by atomic mass is 9.94. The molecule has 0 aliphatic heterocycles. The average Bonchev–Trinajstić information content (AvgIpc) is 2.72. The molecule has 2 aromatic heterocycles. The lowest BCUT2D eigenvalue weighted by Gasteiger charge is -2.18. The van der Waals surface area contributed by atoms with E-state index in [1.807, 2.05) is 4.98 Å². The molecule has 4 rings (SSSR count). The Kier molecular flexibility index (Phi) is 5.44. The zero-order chi connectivity index (χ0) is 21.4. The number of nitrogens with zero attached hydrogens (tertiary/aromatic N) is 3. The highest BCUT2D eigenvalue weighted by Crippen LogP contribution is 2.39. The molecule has 2 N–H and O–H groups in total. The predicted molar refractivity (Wildman–Crippen MR) is 107 cm³/mol. The Hall–Kier alpha value is -2.98. The summed E-state index contributed by atoms with van der Waals surface area (Å²) in [4.78, 5) is 37.5. The number of hydrogen-bond donors (Lipinski definition) is 2. The van der Waals surface area contributed by atoms with E-state index in [2.05, 4.69) is 15.3 Å². The summed E-state index contributed by atoms with van der Waals surface area (Å²) in [5, 5.41) is 10.1. The zero-order valence-electron chi connectivity index (χ0n) is 15.3. The van der Waals surface area contributed by atoms with Gasteiger partial charge in [-0.3, -0.25) is 14.6 Å². The van der Waals surface area contributed by atoms with Crippen LogP contribution in [0, 0.1) is 0 Å². The molecule has 0 spiro atoms. The summed E-state index contributed by atoms with van der Waals surface area (Å²) in [6.07, 6.45) is 3.06. The largest absolute Gasteiger partial charge is 0.434 e. The highest BCUT2D eigenvalue weighted by Gasteiger charge is 2.22. The standard InChI is InChI=1S/C18H14Cl2FN5O4/c19-11-5-8(26-18(29)22-16(28)13(7-21)25-26)6-12(20)14(11)30-17-10-4-2-1-3-9(10)15(27)23-24-17/h5-6H,1-4,7H2,(H,23,27)(H,22,28,29). The molecule has 9 nitrogen and oxygen atoms in total. The first kappa shape index (κ1) is 20.3. The highest BCUT2D eigenvalue weighted by atomic mass is 35.5. The van der Waals surface area contributed by atoms with Gasteiger partial charge in [-0.15, -0.1) is 5.10 Å². The Morgan fingerprint density at radius 1 is 1.07 bits per heavy atom. The van der Waals surface area contributed by atoms with Gasteiger partial charge in [0.25, 0.3) is 11.1 Å². The SMILES string of the molecule is O=c1[nH]c(=O)n(-c2cc(Cl)c(Oc3n[nH]c(=O)c4c3CCCC4)c(Cl)c2)nc1CF. The fourth-order valence-electron chi connectivity index (χ4n) is 3.27. The van der Waals surface area contributed by atoms with E-state index in [1.165, 1.54) is 12.1 Å². The van der Waals surface area contributed by atoms with Crippen molar-refractivity contribution in [2.24, 2.45) is 0 Å². The molecular weight excluding hydrogens is 440 g/mol. The van der Waals surface area contributed by atoms with E-state index in [0.29, 0.717) is 24.0 Å². The number of halogens is 3. The van der Waals surface area contributed by atoms with E-state index in [-0.39, 0.29) is 32.9 Å². The van der Waals surface area contributed by atoms with Crippen molar-refractivity contribution in [1.82, 2.24) is 25.0 Å². The van der Waals surface area contributed by atoms with Gasteiger partial charge in [0.1, 0.15) is 6.67 Å². The van der Waals surface area contributed by atoms with Crippen molar-refractivity contribution in [3.05, 3.63) is 70.2 Å². The number of aromatic nitrogens is 5. The van der Waals surface area contributed by atoms with Gasteiger partial charge in [0.2, 0.25) is 5.88 Å². The number of aromatic amines is 2. The maximum Gasteiger partial charge on any atom is 0.349 e. The topological polar surface area (TPSA) is 123 Å². The monoisotopic (exact) mass is 453 g/mol. The molecule has 1 aromatic carbocycles. The molecule has 1 aliphatic rings. The van der Waals surface area contributed by atoms with E-state index < -0.39 is 23.6 Å². The minimum absolute atomic E-state index is 0.0248. The van der Waals surface area contributed by atoms with Crippen molar-refractivity contribution >= 4 is 23.2 Å². The zero-order valence-corrected chi connectivity index (χ0v) is 16.8. The number of alkyl halides is 1. The predicted octanol–water partition coefficient (Wildman–Crippen LogP) is 2.45. The summed E-state index contributed by atoms with van der Waals surface area (Å²) in [6, 6.07) is 2.66. The fourth-order valence-corrected chi connectivity index (χ4v) is 3.82. The van der Waals surface area contributed by atoms with Crippen LogP contribution in [-0.2, 0) is 19.5 Å². The maximum atomic E-state index is 12.9. The molecule has 0 unspecified atom stereocenters. The van der Waals surface area contributed by atoms with Gasteiger partial charge < -0.3 is 4.74 Å². The number of hydrogen-bond acceptors (Lipinski definition) is 6. The third kappa shape index (κ3) is 3.63. The number of ether oxygens (including phenoxy) is 1. The van der Waals surface area contributed by atoms with Crippen LogP contribution in [0.15, 0.2) is 26.5 Å². The second-order valence-corrected chi connectivity index (χ2v) is 7.43. The molecule has 0 radical (unpaired) electrons. The van der Waals surface area contributed by atoms with Crippen molar-refractivity contribution in [1.29, 1.82) is 0 Å². The average molecular weight is 454 g/mol. The van der Waals surface area contributed by atoms with Crippen molar-refractivity contribution in [3.63, 3.8) is 0 Å². The smallest absolute Gasteiger partial charge is 0.349 e. The Morgan fingerprint density at radius 3 is 2.40 bits per heavy atom. The number of benzene rings is 1. The van der Waals surface area contributed by atoms with Crippen LogP contribution in [0.4, 0.5) is 4.39 Å². The van der Waals surface area contributed by atoms with Gasteiger partial charge in [0, 0.05) is 11.1 Å². The molecule has 1 aliphatic carbocycles. The van der Waals surface area contributed by atoms with Gasteiger partial charge >= 0.3 is 5.69 Å². The van der Waals surface area contributed by atoms with E-state index in [0.717, 1.165) is 17.5 Å². The maximum absolute atomic E-state index is 12.9. The van der Waals surface area contributed by atoms with Gasteiger partial charge in [-0.05, 0) is 37.8 Å². The molecule has 156 valence electrons. The summed E-state index contributed by atoms with van der Waals surface area (Å²) < 4.78 is 19.5. The van der Waals surface area contributed by atoms with Crippen molar-refractivity contribution in [2.45, 2.75) is 32.4 Å². The Bertz CT molecular complexity index is 1290. The summed E-state index contributed by atoms with van der Waals surface area (Å²) in [5.74, 6) is 0.262. The quantitative estimate of drug-likeness (QED) is 0.625. The summed E-state index contributed by atoms with van der Waals surface area (Å²) in [6.45, 7) is -1.15. The van der Waals surface area contributed by atoms with Gasteiger partial charge in [-0.2, -0.15) is 9.78 Å². The molecular formula is C18H14Cl2FN5O4. The van der Waals surface area contributed by atoms with E-state index >= 15 is 0 Å².